The van der Waals surface area contributed by atoms with E-state index in [1.54, 1.807) is 29.2 Å². The Balaban J connectivity index is 1.78. The lowest BCUT2D eigenvalue weighted by molar-refractivity contribution is 0.925. The van der Waals surface area contributed by atoms with Crippen molar-refractivity contribution in [2.24, 2.45) is 0 Å². The molecule has 136 valence electrons. The smallest absolute Gasteiger partial charge is 0.267 e. The lowest BCUT2D eigenvalue weighted by Gasteiger charge is -2.07. The quantitative estimate of drug-likeness (QED) is 0.458. The summed E-state index contributed by atoms with van der Waals surface area (Å²) in [4.78, 5) is 21.8. The Morgan fingerprint density at radius 2 is 1.82 bits per heavy atom. The summed E-state index contributed by atoms with van der Waals surface area (Å²) in [5.41, 5.74) is 3.94. The maximum Gasteiger partial charge on any atom is 0.267 e. The highest BCUT2D eigenvalue weighted by Crippen LogP contribution is 2.29. The van der Waals surface area contributed by atoms with Gasteiger partial charge in [-0.3, -0.25) is 9.36 Å². The number of rotatable bonds is 2. The number of fused-ring (bicyclic) bond motifs is 3. The summed E-state index contributed by atoms with van der Waals surface area (Å²) in [5, 5.41) is 5.79. The number of benzene rings is 1. The molecule has 0 saturated carbocycles. The van der Waals surface area contributed by atoms with Crippen molar-refractivity contribution in [3.63, 3.8) is 0 Å². The average molecular weight is 388 g/mol. The Morgan fingerprint density at radius 3 is 2.57 bits per heavy atom. The largest absolute Gasteiger partial charge is 0.268 e. The van der Waals surface area contributed by atoms with Gasteiger partial charge in [0.1, 0.15) is 5.82 Å². The first-order valence-corrected chi connectivity index (χ1v) is 9.08. The molecule has 0 aliphatic carbocycles. The van der Waals surface area contributed by atoms with E-state index in [-0.39, 0.29) is 5.56 Å². The van der Waals surface area contributed by atoms with Crippen LogP contribution in [0.2, 0.25) is 5.02 Å². The van der Waals surface area contributed by atoms with E-state index in [0.29, 0.717) is 27.4 Å². The van der Waals surface area contributed by atoms with Crippen LogP contribution in [-0.4, -0.2) is 24.1 Å². The fourth-order valence-corrected chi connectivity index (χ4v) is 3.53. The summed E-state index contributed by atoms with van der Waals surface area (Å²) in [6.07, 6.45) is 4.97. The van der Waals surface area contributed by atoms with E-state index in [1.165, 1.54) is 4.57 Å². The Hall–Kier alpha value is -3.51. The Labute approximate surface area is 164 Å². The number of aromatic nitrogens is 5. The summed E-state index contributed by atoms with van der Waals surface area (Å²) in [7, 11) is 0. The second kappa shape index (κ2) is 6.28. The van der Waals surface area contributed by atoms with Crippen molar-refractivity contribution in [3.05, 3.63) is 88.2 Å². The number of nitrogens with zero attached hydrogens (tertiary/aromatic N) is 5. The number of aryl methyl sites for hydroxylation is 1. The first kappa shape index (κ1) is 16.6. The zero-order valence-corrected chi connectivity index (χ0v) is 15.6. The number of hydrogen-bond acceptors (Lipinski definition) is 4. The molecule has 28 heavy (non-hydrogen) atoms. The van der Waals surface area contributed by atoms with Crippen molar-refractivity contribution in [1.82, 2.24) is 24.1 Å². The van der Waals surface area contributed by atoms with Gasteiger partial charge < -0.3 is 0 Å². The molecule has 0 aliphatic heterocycles. The monoisotopic (exact) mass is 387 g/mol. The van der Waals surface area contributed by atoms with Gasteiger partial charge >= 0.3 is 0 Å². The van der Waals surface area contributed by atoms with Crippen molar-refractivity contribution in [2.45, 2.75) is 6.92 Å². The maximum absolute atomic E-state index is 13.0. The normalized spacial score (nSPS) is 11.4. The number of pyridine rings is 2. The van der Waals surface area contributed by atoms with Crippen LogP contribution in [0.5, 0.6) is 0 Å². The highest BCUT2D eigenvalue weighted by molar-refractivity contribution is 6.30. The SMILES string of the molecule is Cc1nn2c(ncc3c(=O)n(-c4ccccn4)ccc32)c1-c1ccc(Cl)cc1. The number of halogens is 1. The van der Waals surface area contributed by atoms with Gasteiger partial charge in [-0.15, -0.1) is 0 Å². The lowest BCUT2D eigenvalue weighted by Crippen LogP contribution is -2.19. The third-order valence-corrected chi connectivity index (χ3v) is 4.97. The minimum atomic E-state index is -0.188. The fraction of sp³-hybridized carbons (Fsp3) is 0.0476. The molecule has 7 heteroatoms. The Kier molecular flexibility index (Phi) is 3.74. The van der Waals surface area contributed by atoms with Gasteiger partial charge in [-0.25, -0.2) is 14.5 Å². The number of hydrogen-bond donors (Lipinski definition) is 0. The first-order valence-electron chi connectivity index (χ1n) is 8.70. The minimum Gasteiger partial charge on any atom is -0.268 e. The van der Waals surface area contributed by atoms with Crippen LogP contribution in [-0.2, 0) is 0 Å². The highest BCUT2D eigenvalue weighted by Gasteiger charge is 2.16. The van der Waals surface area contributed by atoms with E-state index >= 15 is 0 Å². The van der Waals surface area contributed by atoms with Gasteiger partial charge in [0.2, 0.25) is 0 Å². The van der Waals surface area contributed by atoms with Gasteiger partial charge in [0, 0.05) is 29.2 Å². The zero-order valence-electron chi connectivity index (χ0n) is 14.9. The van der Waals surface area contributed by atoms with Crippen LogP contribution in [0, 0.1) is 6.92 Å². The Bertz CT molecular complexity index is 1390. The predicted octanol–water partition coefficient (Wildman–Crippen LogP) is 4.06. The van der Waals surface area contributed by atoms with Crippen LogP contribution < -0.4 is 5.56 Å². The van der Waals surface area contributed by atoms with Gasteiger partial charge in [-0.05, 0) is 42.8 Å². The standard InChI is InChI=1S/C21H14ClN5O/c1-13-19(14-5-7-15(22)8-6-14)20-24-12-16-17(27(20)25-13)9-11-26(21(16)28)18-4-2-3-10-23-18/h2-12H,1H3. The molecule has 5 rings (SSSR count). The van der Waals surface area contributed by atoms with Crippen molar-refractivity contribution >= 4 is 28.2 Å². The predicted molar refractivity (Wildman–Crippen MR) is 109 cm³/mol. The molecule has 0 bridgehead atoms. The van der Waals surface area contributed by atoms with E-state index in [9.17, 15) is 4.79 Å². The van der Waals surface area contributed by atoms with Gasteiger partial charge in [0.15, 0.2) is 5.65 Å². The van der Waals surface area contributed by atoms with Crippen LogP contribution >= 0.6 is 11.6 Å². The lowest BCUT2D eigenvalue weighted by atomic mass is 10.1. The van der Waals surface area contributed by atoms with Crippen LogP contribution in [0.3, 0.4) is 0 Å². The molecule has 0 atom stereocenters. The second-order valence-corrected chi connectivity index (χ2v) is 6.88. The molecule has 5 aromatic rings. The molecule has 1 aromatic carbocycles. The van der Waals surface area contributed by atoms with E-state index in [1.807, 2.05) is 49.4 Å². The Morgan fingerprint density at radius 1 is 1.00 bits per heavy atom. The average Bonchev–Trinajstić information content (AvgIpc) is 3.06. The van der Waals surface area contributed by atoms with Crippen LogP contribution in [0.25, 0.3) is 33.5 Å². The molecule has 0 amide bonds. The van der Waals surface area contributed by atoms with Gasteiger partial charge in [-0.2, -0.15) is 5.10 Å². The van der Waals surface area contributed by atoms with Crippen LogP contribution in [0.4, 0.5) is 0 Å². The van der Waals surface area contributed by atoms with Crippen molar-refractivity contribution < 1.29 is 0 Å². The molecule has 0 aliphatic rings. The molecule has 4 heterocycles. The molecule has 0 radical (unpaired) electrons. The van der Waals surface area contributed by atoms with E-state index in [0.717, 1.165) is 16.8 Å². The molecule has 6 nitrogen and oxygen atoms in total. The molecule has 0 saturated heterocycles. The van der Waals surface area contributed by atoms with Crippen LogP contribution in [0.1, 0.15) is 5.69 Å². The third-order valence-electron chi connectivity index (χ3n) is 4.72. The third kappa shape index (κ3) is 2.50. The van der Waals surface area contributed by atoms with Gasteiger partial charge in [0.25, 0.3) is 5.56 Å². The second-order valence-electron chi connectivity index (χ2n) is 6.44. The topological polar surface area (TPSA) is 65.1 Å². The molecular weight excluding hydrogens is 374 g/mol. The summed E-state index contributed by atoms with van der Waals surface area (Å²) >= 11 is 6.01. The zero-order chi connectivity index (χ0) is 19.3. The van der Waals surface area contributed by atoms with Gasteiger partial charge in [-0.1, -0.05) is 29.8 Å². The first-order chi connectivity index (χ1) is 13.6. The summed E-state index contributed by atoms with van der Waals surface area (Å²) in [6.45, 7) is 1.93. The molecule has 0 unspecified atom stereocenters. The fourth-order valence-electron chi connectivity index (χ4n) is 3.41. The molecule has 0 N–H and O–H groups in total. The van der Waals surface area contributed by atoms with E-state index in [2.05, 4.69) is 15.1 Å². The molecule has 0 fully saturated rings. The van der Waals surface area contributed by atoms with E-state index in [4.69, 9.17) is 11.6 Å². The highest BCUT2D eigenvalue weighted by atomic mass is 35.5. The van der Waals surface area contributed by atoms with Crippen molar-refractivity contribution in [1.29, 1.82) is 0 Å². The molecule has 0 spiro atoms. The summed E-state index contributed by atoms with van der Waals surface area (Å²) in [6, 6.07) is 14.9. The molecular formula is C21H14ClN5O. The minimum absolute atomic E-state index is 0.188. The van der Waals surface area contributed by atoms with Crippen molar-refractivity contribution in [2.75, 3.05) is 0 Å². The molecule has 4 aromatic heterocycles. The van der Waals surface area contributed by atoms with Crippen LogP contribution in [0.15, 0.2) is 71.9 Å². The van der Waals surface area contributed by atoms with E-state index < -0.39 is 0 Å². The summed E-state index contributed by atoms with van der Waals surface area (Å²) < 4.78 is 3.23. The maximum atomic E-state index is 13.0. The summed E-state index contributed by atoms with van der Waals surface area (Å²) in [5.74, 6) is 0.563. The van der Waals surface area contributed by atoms with Gasteiger partial charge in [0.05, 0.1) is 16.6 Å². The van der Waals surface area contributed by atoms with Crippen molar-refractivity contribution in [3.8, 4) is 16.9 Å².